The van der Waals surface area contributed by atoms with Crippen molar-refractivity contribution in [2.75, 3.05) is 31.6 Å². The lowest BCUT2D eigenvalue weighted by Crippen LogP contribution is -2.40. The number of carbonyl (C=O) groups excluding carboxylic acids is 1. The van der Waals surface area contributed by atoms with Gasteiger partial charge in [-0.05, 0) is 30.5 Å². The molecule has 1 saturated heterocycles. The lowest BCUT2D eigenvalue weighted by Gasteiger charge is -2.26. The predicted molar refractivity (Wildman–Crippen MR) is 81.9 cm³/mol. The highest BCUT2D eigenvalue weighted by molar-refractivity contribution is 7.89. The number of hydrogen-bond donors (Lipinski definition) is 1. The molecule has 0 spiro atoms. The van der Waals surface area contributed by atoms with Gasteiger partial charge in [-0.15, -0.1) is 0 Å². The molecule has 0 unspecified atom stereocenters. The van der Waals surface area contributed by atoms with Crippen molar-refractivity contribution in [3.63, 3.8) is 0 Å². The molecule has 6 nitrogen and oxygen atoms in total. The second kappa shape index (κ2) is 6.18. The van der Waals surface area contributed by atoms with E-state index in [1.54, 1.807) is 0 Å². The zero-order valence-electron chi connectivity index (χ0n) is 12.8. The lowest BCUT2D eigenvalue weighted by atomic mass is 10.2. The van der Waals surface area contributed by atoms with Crippen LogP contribution in [0.15, 0.2) is 23.1 Å². The van der Waals surface area contributed by atoms with E-state index in [1.165, 1.54) is 16.4 Å². The van der Waals surface area contributed by atoms with Gasteiger partial charge in [0.1, 0.15) is 5.82 Å². The molecule has 1 aromatic rings. The molecule has 2 fully saturated rings. The summed E-state index contributed by atoms with van der Waals surface area (Å²) in [5.41, 5.74) is -0.0940. The van der Waals surface area contributed by atoms with Crippen LogP contribution in [0, 0.1) is 17.7 Å². The van der Waals surface area contributed by atoms with Crippen LogP contribution in [0.2, 0.25) is 0 Å². The number of ether oxygens (including phenoxy) is 1. The van der Waals surface area contributed by atoms with E-state index in [2.05, 4.69) is 5.32 Å². The molecule has 1 aliphatic carbocycles. The number of rotatable bonds is 4. The molecule has 2 atom stereocenters. The highest BCUT2D eigenvalue weighted by Crippen LogP contribution is 2.38. The van der Waals surface area contributed by atoms with Crippen LogP contribution < -0.4 is 5.32 Å². The molecule has 126 valence electrons. The van der Waals surface area contributed by atoms with Crippen molar-refractivity contribution in [3.8, 4) is 0 Å². The van der Waals surface area contributed by atoms with E-state index in [4.69, 9.17) is 4.74 Å². The number of hydrogen-bond acceptors (Lipinski definition) is 4. The van der Waals surface area contributed by atoms with Gasteiger partial charge in [-0.3, -0.25) is 4.79 Å². The number of amides is 1. The summed E-state index contributed by atoms with van der Waals surface area (Å²) in [4.78, 5) is 11.9. The minimum Gasteiger partial charge on any atom is -0.379 e. The number of carbonyl (C=O) groups is 1. The van der Waals surface area contributed by atoms with Gasteiger partial charge in [0, 0.05) is 19.0 Å². The average Bonchev–Trinajstić information content (AvgIpc) is 3.27. The zero-order chi connectivity index (χ0) is 16.6. The monoisotopic (exact) mass is 342 g/mol. The topological polar surface area (TPSA) is 75.7 Å². The third-order valence-corrected chi connectivity index (χ3v) is 6.14. The first-order valence-electron chi connectivity index (χ1n) is 7.58. The maximum absolute atomic E-state index is 13.9. The summed E-state index contributed by atoms with van der Waals surface area (Å²) >= 11 is 0. The standard InChI is InChI=1S/C15H19FN2O4S/c1-10-8-12(10)15(19)17-14-9-11(2-3-13(14)16)23(20,21)18-4-6-22-7-5-18/h2-3,9-10,12H,4-8H2,1H3,(H,17,19)/t10-,12+/m0/s1. The van der Waals surface area contributed by atoms with Crippen molar-refractivity contribution < 1.29 is 22.3 Å². The van der Waals surface area contributed by atoms with Gasteiger partial charge in [0.15, 0.2) is 0 Å². The van der Waals surface area contributed by atoms with Gasteiger partial charge in [-0.1, -0.05) is 6.92 Å². The quantitative estimate of drug-likeness (QED) is 0.898. The van der Waals surface area contributed by atoms with E-state index in [0.717, 1.165) is 12.5 Å². The minimum atomic E-state index is -3.72. The van der Waals surface area contributed by atoms with Crippen LogP contribution >= 0.6 is 0 Å². The number of nitrogens with zero attached hydrogens (tertiary/aromatic N) is 1. The number of sulfonamides is 1. The van der Waals surface area contributed by atoms with Gasteiger partial charge >= 0.3 is 0 Å². The summed E-state index contributed by atoms with van der Waals surface area (Å²) in [6.07, 6.45) is 0.777. The second-order valence-electron chi connectivity index (χ2n) is 5.97. The largest absolute Gasteiger partial charge is 0.379 e. The van der Waals surface area contributed by atoms with Crippen molar-refractivity contribution in [1.29, 1.82) is 0 Å². The van der Waals surface area contributed by atoms with Gasteiger partial charge in [0.25, 0.3) is 0 Å². The third-order valence-electron chi connectivity index (χ3n) is 4.25. The van der Waals surface area contributed by atoms with Gasteiger partial charge in [-0.2, -0.15) is 4.31 Å². The molecule has 1 saturated carbocycles. The maximum Gasteiger partial charge on any atom is 0.243 e. The number of nitrogens with one attached hydrogen (secondary N) is 1. The summed E-state index contributed by atoms with van der Waals surface area (Å²) in [5, 5.41) is 2.50. The lowest BCUT2D eigenvalue weighted by molar-refractivity contribution is -0.117. The summed E-state index contributed by atoms with van der Waals surface area (Å²) < 4.78 is 45.5. The van der Waals surface area contributed by atoms with E-state index in [-0.39, 0.29) is 35.5 Å². The number of halogens is 1. The van der Waals surface area contributed by atoms with Crippen molar-refractivity contribution in [2.45, 2.75) is 18.2 Å². The minimum absolute atomic E-state index is 0.0278. The molecule has 0 bridgehead atoms. The third kappa shape index (κ3) is 3.39. The van der Waals surface area contributed by atoms with E-state index in [1.807, 2.05) is 6.92 Å². The number of benzene rings is 1. The van der Waals surface area contributed by atoms with Crippen LogP contribution in [0.3, 0.4) is 0 Å². The second-order valence-corrected chi connectivity index (χ2v) is 7.90. The van der Waals surface area contributed by atoms with Crippen molar-refractivity contribution in [1.82, 2.24) is 4.31 Å². The molecule has 0 radical (unpaired) electrons. The van der Waals surface area contributed by atoms with Crippen LogP contribution in [0.4, 0.5) is 10.1 Å². The normalized spacial score (nSPS) is 25.1. The molecule has 3 rings (SSSR count). The van der Waals surface area contributed by atoms with E-state index in [9.17, 15) is 17.6 Å². The van der Waals surface area contributed by atoms with Gasteiger partial charge < -0.3 is 10.1 Å². The maximum atomic E-state index is 13.9. The Hall–Kier alpha value is -1.51. The summed E-state index contributed by atoms with van der Waals surface area (Å²) in [5.74, 6) is -0.739. The van der Waals surface area contributed by atoms with Crippen LogP contribution in [-0.4, -0.2) is 44.9 Å². The first kappa shape index (κ1) is 16.4. The molecular formula is C15H19FN2O4S. The fourth-order valence-electron chi connectivity index (χ4n) is 2.61. The molecule has 1 amide bonds. The molecule has 0 aromatic heterocycles. The average molecular weight is 342 g/mol. The first-order valence-corrected chi connectivity index (χ1v) is 9.02. The Kier molecular flexibility index (Phi) is 4.39. The summed E-state index contributed by atoms with van der Waals surface area (Å²) in [6, 6.07) is 3.47. The van der Waals surface area contributed by atoms with Crippen molar-refractivity contribution in [2.24, 2.45) is 11.8 Å². The zero-order valence-corrected chi connectivity index (χ0v) is 13.6. The van der Waals surface area contributed by atoms with Gasteiger partial charge in [0.2, 0.25) is 15.9 Å². The van der Waals surface area contributed by atoms with Gasteiger partial charge in [0.05, 0.1) is 23.8 Å². The Morgan fingerprint density at radius 3 is 2.61 bits per heavy atom. The Morgan fingerprint density at radius 2 is 2.00 bits per heavy atom. The molecule has 1 aliphatic heterocycles. The molecule has 1 aromatic carbocycles. The molecule has 23 heavy (non-hydrogen) atoms. The molecule has 2 aliphatic rings. The Morgan fingerprint density at radius 1 is 1.35 bits per heavy atom. The fraction of sp³-hybridized carbons (Fsp3) is 0.533. The van der Waals surface area contributed by atoms with Crippen LogP contribution in [0.25, 0.3) is 0 Å². The molecule has 8 heteroatoms. The molecule has 1 heterocycles. The Balaban J connectivity index is 1.83. The molecule has 1 N–H and O–H groups in total. The van der Waals surface area contributed by atoms with E-state index in [0.29, 0.717) is 19.1 Å². The number of morpholine rings is 1. The van der Waals surface area contributed by atoms with Crippen LogP contribution in [0.1, 0.15) is 13.3 Å². The Labute approximate surface area is 134 Å². The Bertz CT molecular complexity index is 716. The predicted octanol–water partition coefficient (Wildman–Crippen LogP) is 1.44. The molecular weight excluding hydrogens is 323 g/mol. The van der Waals surface area contributed by atoms with E-state index < -0.39 is 15.8 Å². The number of anilines is 1. The SMILES string of the molecule is C[C@H]1C[C@H]1C(=O)Nc1cc(S(=O)(=O)N2CCOCC2)ccc1F. The highest BCUT2D eigenvalue weighted by atomic mass is 32.2. The van der Waals surface area contributed by atoms with Crippen LogP contribution in [-0.2, 0) is 19.6 Å². The smallest absolute Gasteiger partial charge is 0.243 e. The summed E-state index contributed by atoms with van der Waals surface area (Å²) in [7, 11) is -3.72. The first-order chi connectivity index (χ1) is 10.9. The van der Waals surface area contributed by atoms with Crippen LogP contribution in [0.5, 0.6) is 0 Å². The van der Waals surface area contributed by atoms with Crippen molar-refractivity contribution >= 4 is 21.6 Å². The highest BCUT2D eigenvalue weighted by Gasteiger charge is 2.39. The van der Waals surface area contributed by atoms with E-state index >= 15 is 0 Å². The summed E-state index contributed by atoms with van der Waals surface area (Å²) in [6.45, 7) is 3.15. The van der Waals surface area contributed by atoms with Crippen molar-refractivity contribution in [3.05, 3.63) is 24.0 Å². The fourth-order valence-corrected chi connectivity index (χ4v) is 4.04. The van der Waals surface area contributed by atoms with Gasteiger partial charge in [-0.25, -0.2) is 12.8 Å².